The van der Waals surface area contributed by atoms with E-state index in [4.69, 9.17) is 23.7 Å². The van der Waals surface area contributed by atoms with Gasteiger partial charge in [-0.2, -0.15) is 0 Å². The van der Waals surface area contributed by atoms with Crippen molar-refractivity contribution in [1.82, 2.24) is 0 Å². The Kier molecular flexibility index (Phi) is 10.2. The molecular weight excluding hydrogens is 552 g/mol. The molecule has 3 saturated heterocycles. The van der Waals surface area contributed by atoms with E-state index in [2.05, 4.69) is 0 Å². The van der Waals surface area contributed by atoms with E-state index in [0.717, 1.165) is 0 Å². The van der Waals surface area contributed by atoms with Crippen LogP contribution in [0.25, 0.3) is 0 Å². The van der Waals surface area contributed by atoms with E-state index in [0.29, 0.717) is 12.8 Å². The summed E-state index contributed by atoms with van der Waals surface area (Å²) in [4.78, 5) is 0. The average molecular weight is 597 g/mol. The molecule has 3 heterocycles. The van der Waals surface area contributed by atoms with Gasteiger partial charge in [-0.3, -0.25) is 0 Å². The highest BCUT2D eigenvalue weighted by atomic mass is 16.7. The van der Waals surface area contributed by atoms with Crippen molar-refractivity contribution in [1.29, 1.82) is 0 Å². The second kappa shape index (κ2) is 13.2. The Hall–Kier alpha value is -0.600. The van der Waals surface area contributed by atoms with E-state index in [1.807, 2.05) is 0 Å². The van der Waals surface area contributed by atoms with E-state index < -0.39 is 111 Å². The first-order valence-electron chi connectivity index (χ1n) is 14.4. The maximum Gasteiger partial charge on any atom is 0.186 e. The van der Waals surface area contributed by atoms with Crippen LogP contribution in [0.4, 0.5) is 0 Å². The zero-order valence-electron chi connectivity index (χ0n) is 22.6. The lowest BCUT2D eigenvalue weighted by molar-refractivity contribution is -0.337. The van der Waals surface area contributed by atoms with Crippen molar-refractivity contribution in [2.45, 2.75) is 137 Å². The number of ether oxygens (including phenoxy) is 5. The predicted octanol–water partition coefficient (Wildman–Crippen LogP) is -4.55. The fourth-order valence-corrected chi connectivity index (χ4v) is 6.96. The summed E-state index contributed by atoms with van der Waals surface area (Å²) in [6.45, 7) is -0.895. The van der Waals surface area contributed by atoms with Gasteiger partial charge in [-0.25, -0.2) is 0 Å². The summed E-state index contributed by atoms with van der Waals surface area (Å²) in [5.41, 5.74) is 0. The first-order chi connectivity index (χ1) is 19.5. The Labute approximate surface area is 236 Å². The minimum Gasteiger partial charge on any atom is -0.394 e. The van der Waals surface area contributed by atoms with Gasteiger partial charge in [0.05, 0.1) is 55.9 Å². The summed E-state index contributed by atoms with van der Waals surface area (Å²) >= 11 is 0. The van der Waals surface area contributed by atoms with Gasteiger partial charge in [0.15, 0.2) is 12.6 Å². The molecule has 10 N–H and O–H groups in total. The molecule has 238 valence electrons. The predicted molar refractivity (Wildman–Crippen MR) is 133 cm³/mol. The summed E-state index contributed by atoms with van der Waals surface area (Å²) in [6.07, 6.45) is -16.8. The molecule has 18 atom stereocenters. The van der Waals surface area contributed by atoms with Crippen molar-refractivity contribution in [2.75, 3.05) is 13.2 Å². The standard InChI is InChI=1S/C26H44O15/c27-7-18-20(33)21(34)23(36)26(41-18)39-16-5-10(28)4-15-11(16)6-17(40-25-22(35)19(32)14(31)8-37-25)24(38-15)9-1-2-12(29)13(30)3-9/h9-36H,1-8H2/t9?,10?,11?,12?,13?,14-,15?,16?,17?,18-,19+,20-,21+,22-,23-,24?,25+,26-/m1/s1. The molecule has 15 nitrogen and oxygen atoms in total. The topological polar surface area (TPSA) is 248 Å². The summed E-state index contributed by atoms with van der Waals surface area (Å²) in [5.74, 6) is -0.693. The maximum absolute atomic E-state index is 10.7. The fraction of sp³-hybridized carbons (Fsp3) is 1.00. The quantitative estimate of drug-likeness (QED) is 0.139. The fourth-order valence-electron chi connectivity index (χ4n) is 6.96. The van der Waals surface area contributed by atoms with Crippen LogP contribution in [0.15, 0.2) is 0 Å². The molecular formula is C26H44O15. The van der Waals surface area contributed by atoms with Gasteiger partial charge in [0, 0.05) is 12.3 Å². The van der Waals surface area contributed by atoms with Gasteiger partial charge < -0.3 is 74.7 Å². The summed E-state index contributed by atoms with van der Waals surface area (Å²) in [7, 11) is 0. The molecule has 0 spiro atoms. The number of hydrogen-bond donors (Lipinski definition) is 10. The van der Waals surface area contributed by atoms with Crippen molar-refractivity contribution in [3.05, 3.63) is 0 Å². The second-order valence-corrected chi connectivity index (χ2v) is 12.2. The lowest BCUT2D eigenvalue weighted by Gasteiger charge is -2.52. The Morgan fingerprint density at radius 1 is 0.610 bits per heavy atom. The Morgan fingerprint density at radius 3 is 2.02 bits per heavy atom. The summed E-state index contributed by atoms with van der Waals surface area (Å²) in [6, 6.07) is 0. The smallest absolute Gasteiger partial charge is 0.186 e. The molecule has 9 unspecified atom stereocenters. The molecule has 0 bridgehead atoms. The largest absolute Gasteiger partial charge is 0.394 e. The molecule has 0 aromatic carbocycles. The first-order valence-corrected chi connectivity index (χ1v) is 14.4. The van der Waals surface area contributed by atoms with Gasteiger partial charge in [-0.15, -0.1) is 0 Å². The molecule has 5 rings (SSSR count). The Balaban J connectivity index is 1.36. The normalized spacial score (nSPS) is 54.9. The van der Waals surface area contributed by atoms with Gasteiger partial charge in [0.25, 0.3) is 0 Å². The van der Waals surface area contributed by atoms with Crippen LogP contribution >= 0.6 is 0 Å². The molecule has 15 heteroatoms. The maximum atomic E-state index is 10.7. The first kappa shape index (κ1) is 31.8. The number of aliphatic hydroxyl groups excluding tert-OH is 10. The molecule has 5 aliphatic rings. The molecule has 0 radical (unpaired) electrons. The van der Waals surface area contributed by atoms with Crippen LogP contribution in [0.3, 0.4) is 0 Å². The third-order valence-corrected chi connectivity index (χ3v) is 9.37. The zero-order chi connectivity index (χ0) is 29.6. The van der Waals surface area contributed by atoms with Crippen LogP contribution in [-0.2, 0) is 23.7 Å². The highest BCUT2D eigenvalue weighted by Crippen LogP contribution is 2.44. The van der Waals surface area contributed by atoms with Gasteiger partial charge in [0.1, 0.15) is 42.7 Å². The van der Waals surface area contributed by atoms with Crippen molar-refractivity contribution < 1.29 is 74.7 Å². The molecule has 5 fully saturated rings. The highest BCUT2D eigenvalue weighted by molar-refractivity contribution is 5.00. The number of fused-ring (bicyclic) bond motifs is 1. The monoisotopic (exact) mass is 596 g/mol. The van der Waals surface area contributed by atoms with Gasteiger partial charge in [-0.05, 0) is 38.0 Å². The molecule has 0 aromatic heterocycles. The minimum absolute atomic E-state index is 0.124. The number of hydrogen-bond acceptors (Lipinski definition) is 15. The van der Waals surface area contributed by atoms with E-state index in [-0.39, 0.29) is 38.2 Å². The second-order valence-electron chi connectivity index (χ2n) is 12.2. The molecule has 3 aliphatic heterocycles. The third-order valence-electron chi connectivity index (χ3n) is 9.37. The third kappa shape index (κ3) is 6.60. The lowest BCUT2D eigenvalue weighted by atomic mass is 9.72. The number of aliphatic hydroxyl groups is 10. The molecule has 41 heavy (non-hydrogen) atoms. The molecule has 0 amide bonds. The summed E-state index contributed by atoms with van der Waals surface area (Å²) < 4.78 is 29.8. The molecule has 2 aliphatic carbocycles. The van der Waals surface area contributed by atoms with Crippen molar-refractivity contribution in [2.24, 2.45) is 11.8 Å². The van der Waals surface area contributed by atoms with Gasteiger partial charge in [0.2, 0.25) is 0 Å². The SMILES string of the molecule is OC[C@H]1O[C@@H](OC2CC(O)CC3OC(C4CCC(O)C(O)C4)C(O[C@@H]4OC[C@@H](O)[C@H](O)[C@H]4O)CC32)[C@H](O)[C@@H](O)[C@@H]1O. The number of rotatable bonds is 6. The van der Waals surface area contributed by atoms with E-state index in [1.165, 1.54) is 0 Å². The van der Waals surface area contributed by atoms with E-state index >= 15 is 0 Å². The van der Waals surface area contributed by atoms with Crippen LogP contribution in [0.5, 0.6) is 0 Å². The van der Waals surface area contributed by atoms with Gasteiger partial charge >= 0.3 is 0 Å². The Morgan fingerprint density at radius 2 is 1.32 bits per heavy atom. The molecule has 0 aromatic rings. The average Bonchev–Trinajstić information content (AvgIpc) is 2.95. The zero-order valence-corrected chi connectivity index (χ0v) is 22.6. The minimum atomic E-state index is -1.64. The van der Waals surface area contributed by atoms with Crippen LogP contribution in [-0.4, -0.2) is 162 Å². The van der Waals surface area contributed by atoms with Crippen molar-refractivity contribution in [3.63, 3.8) is 0 Å². The Bertz CT molecular complexity index is 850. The lowest BCUT2D eigenvalue weighted by Crippen LogP contribution is -2.62. The van der Waals surface area contributed by atoms with Crippen molar-refractivity contribution in [3.8, 4) is 0 Å². The van der Waals surface area contributed by atoms with Crippen LogP contribution in [0.2, 0.25) is 0 Å². The van der Waals surface area contributed by atoms with Crippen LogP contribution in [0, 0.1) is 11.8 Å². The van der Waals surface area contributed by atoms with Crippen molar-refractivity contribution >= 4 is 0 Å². The van der Waals surface area contributed by atoms with Crippen LogP contribution in [0.1, 0.15) is 38.5 Å². The van der Waals surface area contributed by atoms with Gasteiger partial charge in [-0.1, -0.05) is 0 Å². The van der Waals surface area contributed by atoms with E-state index in [1.54, 1.807) is 0 Å². The van der Waals surface area contributed by atoms with Crippen LogP contribution < -0.4 is 0 Å². The molecule has 2 saturated carbocycles. The highest BCUT2D eigenvalue weighted by Gasteiger charge is 2.53. The summed E-state index contributed by atoms with van der Waals surface area (Å²) in [5, 5.41) is 102. The van der Waals surface area contributed by atoms with E-state index in [9.17, 15) is 51.1 Å².